The number of hydrogen-bond acceptors (Lipinski definition) is 4. The topological polar surface area (TPSA) is 75.7 Å². The minimum Gasteiger partial charge on any atom is -0.493 e. The SMILES string of the molecule is CCCS(=O)(=O)N1CCCC(C(=O)Nc2ccc3c(c2)CCO3)C1. The van der Waals surface area contributed by atoms with Gasteiger partial charge in [0.2, 0.25) is 15.9 Å². The Labute approximate surface area is 143 Å². The van der Waals surface area contributed by atoms with Crippen molar-refractivity contribution in [2.45, 2.75) is 32.6 Å². The predicted octanol–water partition coefficient (Wildman–Crippen LogP) is 2.01. The Balaban J connectivity index is 1.64. The maximum atomic E-state index is 12.5. The van der Waals surface area contributed by atoms with Crippen LogP contribution in [0.5, 0.6) is 5.75 Å². The van der Waals surface area contributed by atoms with E-state index in [2.05, 4.69) is 5.32 Å². The molecule has 3 rings (SSSR count). The number of anilines is 1. The fourth-order valence-electron chi connectivity index (χ4n) is 3.30. The molecule has 132 valence electrons. The zero-order valence-corrected chi connectivity index (χ0v) is 14.8. The van der Waals surface area contributed by atoms with Crippen LogP contribution in [-0.2, 0) is 21.2 Å². The van der Waals surface area contributed by atoms with Gasteiger partial charge in [-0.25, -0.2) is 12.7 Å². The second-order valence-electron chi connectivity index (χ2n) is 6.42. The van der Waals surface area contributed by atoms with Crippen LogP contribution < -0.4 is 10.1 Å². The van der Waals surface area contributed by atoms with Crippen molar-refractivity contribution in [3.8, 4) is 5.75 Å². The van der Waals surface area contributed by atoms with E-state index in [0.717, 1.165) is 36.3 Å². The van der Waals surface area contributed by atoms with Gasteiger partial charge >= 0.3 is 0 Å². The number of rotatable bonds is 5. The molecule has 6 nitrogen and oxygen atoms in total. The molecule has 1 aromatic rings. The first-order valence-electron chi connectivity index (χ1n) is 8.54. The molecule has 1 amide bonds. The van der Waals surface area contributed by atoms with Crippen LogP contribution in [0.1, 0.15) is 31.7 Å². The first-order valence-corrected chi connectivity index (χ1v) is 10.1. The summed E-state index contributed by atoms with van der Waals surface area (Å²) >= 11 is 0. The molecule has 0 aromatic heterocycles. The molecule has 1 unspecified atom stereocenters. The van der Waals surface area contributed by atoms with Gasteiger partial charge in [0.25, 0.3) is 0 Å². The molecule has 2 heterocycles. The number of fused-ring (bicyclic) bond motifs is 1. The van der Waals surface area contributed by atoms with Crippen LogP contribution >= 0.6 is 0 Å². The lowest BCUT2D eigenvalue weighted by molar-refractivity contribution is -0.120. The number of hydrogen-bond donors (Lipinski definition) is 1. The molecule has 1 fully saturated rings. The Morgan fingerprint density at radius 2 is 2.25 bits per heavy atom. The second kappa shape index (κ2) is 7.11. The van der Waals surface area contributed by atoms with E-state index in [-0.39, 0.29) is 24.1 Å². The quantitative estimate of drug-likeness (QED) is 0.879. The van der Waals surface area contributed by atoms with Gasteiger partial charge in [-0.1, -0.05) is 6.92 Å². The average molecular weight is 352 g/mol. The van der Waals surface area contributed by atoms with E-state index in [0.29, 0.717) is 19.6 Å². The van der Waals surface area contributed by atoms with E-state index >= 15 is 0 Å². The van der Waals surface area contributed by atoms with Gasteiger partial charge in [0, 0.05) is 25.2 Å². The first-order chi connectivity index (χ1) is 11.5. The monoisotopic (exact) mass is 352 g/mol. The van der Waals surface area contributed by atoms with Gasteiger partial charge in [-0.05, 0) is 43.0 Å². The molecule has 1 saturated heterocycles. The van der Waals surface area contributed by atoms with Gasteiger partial charge in [0.1, 0.15) is 5.75 Å². The number of piperidine rings is 1. The minimum atomic E-state index is -3.24. The molecule has 0 saturated carbocycles. The van der Waals surface area contributed by atoms with E-state index in [4.69, 9.17) is 4.74 Å². The Hall–Kier alpha value is -1.60. The predicted molar refractivity (Wildman–Crippen MR) is 92.6 cm³/mol. The van der Waals surface area contributed by atoms with Crippen molar-refractivity contribution in [1.82, 2.24) is 4.31 Å². The summed E-state index contributed by atoms with van der Waals surface area (Å²) in [5.41, 5.74) is 1.85. The standard InChI is InChI=1S/C17H24N2O4S/c1-2-10-24(21,22)19-8-3-4-14(12-19)17(20)18-15-5-6-16-13(11-15)7-9-23-16/h5-6,11,14H,2-4,7-10,12H2,1H3,(H,18,20). The van der Waals surface area contributed by atoms with Gasteiger partial charge in [-0.15, -0.1) is 0 Å². The Kier molecular flexibility index (Phi) is 5.10. The molecular formula is C17H24N2O4S. The molecule has 7 heteroatoms. The summed E-state index contributed by atoms with van der Waals surface area (Å²) in [7, 11) is -3.24. The van der Waals surface area contributed by atoms with Crippen molar-refractivity contribution in [1.29, 1.82) is 0 Å². The molecule has 0 aliphatic carbocycles. The van der Waals surface area contributed by atoms with Crippen molar-refractivity contribution in [2.75, 3.05) is 30.8 Å². The average Bonchev–Trinajstić information content (AvgIpc) is 3.02. The molecule has 1 aromatic carbocycles. The molecule has 1 N–H and O–H groups in total. The highest BCUT2D eigenvalue weighted by Gasteiger charge is 2.31. The summed E-state index contributed by atoms with van der Waals surface area (Å²) in [6.07, 6.45) is 2.88. The maximum absolute atomic E-state index is 12.5. The largest absolute Gasteiger partial charge is 0.493 e. The van der Waals surface area contributed by atoms with E-state index < -0.39 is 10.0 Å². The number of nitrogens with one attached hydrogen (secondary N) is 1. The molecule has 0 spiro atoms. The van der Waals surface area contributed by atoms with Crippen molar-refractivity contribution in [2.24, 2.45) is 5.92 Å². The summed E-state index contributed by atoms with van der Waals surface area (Å²) in [4.78, 5) is 12.5. The Morgan fingerprint density at radius 3 is 3.04 bits per heavy atom. The molecular weight excluding hydrogens is 328 g/mol. The lowest BCUT2D eigenvalue weighted by Gasteiger charge is -2.31. The van der Waals surface area contributed by atoms with Crippen molar-refractivity contribution in [3.05, 3.63) is 23.8 Å². The third-order valence-corrected chi connectivity index (χ3v) is 6.61. The first kappa shape index (κ1) is 17.2. The number of amides is 1. The Bertz CT molecular complexity index is 717. The molecule has 0 bridgehead atoms. The third kappa shape index (κ3) is 3.72. The second-order valence-corrected chi connectivity index (χ2v) is 8.51. The maximum Gasteiger partial charge on any atom is 0.228 e. The lowest BCUT2D eigenvalue weighted by atomic mass is 9.98. The van der Waals surface area contributed by atoms with Crippen LogP contribution in [0, 0.1) is 5.92 Å². The van der Waals surface area contributed by atoms with Crippen LogP contribution in [0.15, 0.2) is 18.2 Å². The summed E-state index contributed by atoms with van der Waals surface area (Å²) in [6.45, 7) is 3.33. The molecule has 0 radical (unpaired) electrons. The van der Waals surface area contributed by atoms with Crippen LogP contribution in [-0.4, -0.2) is 44.1 Å². The van der Waals surface area contributed by atoms with Gasteiger partial charge < -0.3 is 10.1 Å². The minimum absolute atomic E-state index is 0.106. The fourth-order valence-corrected chi connectivity index (χ4v) is 4.89. The third-order valence-electron chi connectivity index (χ3n) is 4.57. The zero-order chi connectivity index (χ0) is 17.2. The normalized spacial score (nSPS) is 21.1. The number of carbonyl (C=O) groups is 1. The van der Waals surface area contributed by atoms with Gasteiger partial charge in [-0.2, -0.15) is 0 Å². The highest BCUT2D eigenvalue weighted by molar-refractivity contribution is 7.89. The van der Waals surface area contributed by atoms with E-state index in [1.54, 1.807) is 0 Å². The number of nitrogens with zero attached hydrogens (tertiary/aromatic N) is 1. The van der Waals surface area contributed by atoms with Crippen molar-refractivity contribution >= 4 is 21.6 Å². The molecule has 2 aliphatic rings. The van der Waals surface area contributed by atoms with Crippen molar-refractivity contribution < 1.29 is 17.9 Å². The fraction of sp³-hybridized carbons (Fsp3) is 0.588. The van der Waals surface area contributed by atoms with E-state index in [1.807, 2.05) is 25.1 Å². The Morgan fingerprint density at radius 1 is 1.42 bits per heavy atom. The van der Waals surface area contributed by atoms with E-state index in [9.17, 15) is 13.2 Å². The van der Waals surface area contributed by atoms with Crippen LogP contribution in [0.3, 0.4) is 0 Å². The lowest BCUT2D eigenvalue weighted by Crippen LogP contribution is -2.44. The van der Waals surface area contributed by atoms with Crippen molar-refractivity contribution in [3.63, 3.8) is 0 Å². The summed E-state index contributed by atoms with van der Waals surface area (Å²) < 4.78 is 31.4. The van der Waals surface area contributed by atoms with Crippen LogP contribution in [0.2, 0.25) is 0 Å². The summed E-state index contributed by atoms with van der Waals surface area (Å²) in [6, 6.07) is 5.64. The zero-order valence-electron chi connectivity index (χ0n) is 14.0. The number of ether oxygens (including phenoxy) is 1. The highest BCUT2D eigenvalue weighted by Crippen LogP contribution is 2.28. The summed E-state index contributed by atoms with van der Waals surface area (Å²) in [5.74, 6) is 0.620. The number of sulfonamides is 1. The highest BCUT2D eigenvalue weighted by atomic mass is 32.2. The number of carbonyl (C=O) groups excluding carboxylic acids is 1. The van der Waals surface area contributed by atoms with Crippen LogP contribution in [0.4, 0.5) is 5.69 Å². The van der Waals surface area contributed by atoms with Gasteiger partial charge in [0.15, 0.2) is 0 Å². The number of benzene rings is 1. The van der Waals surface area contributed by atoms with Crippen LogP contribution in [0.25, 0.3) is 0 Å². The van der Waals surface area contributed by atoms with E-state index in [1.165, 1.54) is 4.31 Å². The molecule has 2 aliphatic heterocycles. The van der Waals surface area contributed by atoms with Gasteiger partial charge in [0.05, 0.1) is 18.3 Å². The molecule has 24 heavy (non-hydrogen) atoms. The summed E-state index contributed by atoms with van der Waals surface area (Å²) in [5, 5.41) is 2.93. The smallest absolute Gasteiger partial charge is 0.228 e. The van der Waals surface area contributed by atoms with Gasteiger partial charge in [-0.3, -0.25) is 4.79 Å². The molecule has 1 atom stereocenters.